The molecule has 3 aromatic rings. The third-order valence-electron chi connectivity index (χ3n) is 5.39. The van der Waals surface area contributed by atoms with Gasteiger partial charge in [-0.05, 0) is 42.7 Å². The summed E-state index contributed by atoms with van der Waals surface area (Å²) >= 11 is 0. The number of likely N-dealkylation sites (tertiary alicyclic amines) is 1. The van der Waals surface area contributed by atoms with Crippen molar-refractivity contribution in [3.63, 3.8) is 0 Å². The smallest absolute Gasteiger partial charge is 0.275 e. The molecule has 0 radical (unpaired) electrons. The maximum atomic E-state index is 13.4. The van der Waals surface area contributed by atoms with Crippen LogP contribution in [0, 0.1) is 0 Å². The molecule has 0 bridgehead atoms. The fourth-order valence-corrected chi connectivity index (χ4v) is 3.64. The molecule has 1 aromatic heterocycles. The highest BCUT2D eigenvalue weighted by atomic mass is 16.5. The number of nitrogens with zero attached hydrogens (tertiary/aromatic N) is 3. The molecule has 6 nitrogen and oxygen atoms in total. The van der Waals surface area contributed by atoms with E-state index in [1.165, 1.54) is 5.57 Å². The molecule has 154 valence electrons. The Morgan fingerprint density at radius 3 is 2.37 bits per heavy atom. The summed E-state index contributed by atoms with van der Waals surface area (Å²) in [7, 11) is 3.20. The number of carbonyl (C=O) groups is 1. The highest BCUT2D eigenvalue weighted by Crippen LogP contribution is 2.34. The van der Waals surface area contributed by atoms with Gasteiger partial charge in [-0.1, -0.05) is 36.4 Å². The number of aromatic nitrogens is 2. The summed E-state index contributed by atoms with van der Waals surface area (Å²) in [6, 6.07) is 15.4. The number of hydrogen-bond acceptors (Lipinski definition) is 4. The van der Waals surface area contributed by atoms with Crippen LogP contribution < -0.4 is 9.47 Å². The van der Waals surface area contributed by atoms with Crippen LogP contribution in [0.25, 0.3) is 16.8 Å². The molecule has 4 rings (SSSR count). The fraction of sp³-hybridized carbons (Fsp3) is 0.250. The van der Waals surface area contributed by atoms with Gasteiger partial charge in [-0.25, -0.2) is 4.68 Å². The maximum absolute atomic E-state index is 13.4. The summed E-state index contributed by atoms with van der Waals surface area (Å²) in [6.45, 7) is 5.38. The molecule has 1 saturated heterocycles. The molecule has 1 aliphatic rings. The van der Waals surface area contributed by atoms with Crippen LogP contribution in [0.15, 0.2) is 66.9 Å². The van der Waals surface area contributed by atoms with Gasteiger partial charge in [-0.2, -0.15) is 5.10 Å². The van der Waals surface area contributed by atoms with E-state index in [0.717, 1.165) is 29.7 Å². The van der Waals surface area contributed by atoms with Gasteiger partial charge in [-0.15, -0.1) is 0 Å². The summed E-state index contributed by atoms with van der Waals surface area (Å²) in [5.74, 6) is 1.18. The van der Waals surface area contributed by atoms with Crippen LogP contribution in [0.3, 0.4) is 0 Å². The molecule has 0 atom stereocenters. The minimum absolute atomic E-state index is 0.0676. The van der Waals surface area contributed by atoms with Crippen molar-refractivity contribution in [3.05, 3.63) is 72.6 Å². The number of para-hydroxylation sites is 1. The Kier molecular flexibility index (Phi) is 5.57. The molecular weight excluding hydrogens is 378 g/mol. The first-order valence-corrected chi connectivity index (χ1v) is 9.94. The lowest BCUT2D eigenvalue weighted by molar-refractivity contribution is 0.0738. The number of carbonyl (C=O) groups excluding carboxylic acids is 1. The zero-order valence-corrected chi connectivity index (χ0v) is 17.3. The van der Waals surface area contributed by atoms with Crippen LogP contribution >= 0.6 is 0 Å². The number of amides is 1. The van der Waals surface area contributed by atoms with Crippen molar-refractivity contribution in [2.24, 2.45) is 0 Å². The Balaban J connectivity index is 1.79. The fourth-order valence-electron chi connectivity index (χ4n) is 3.64. The molecule has 2 aromatic carbocycles. The van der Waals surface area contributed by atoms with Gasteiger partial charge < -0.3 is 14.4 Å². The Bertz CT molecular complexity index is 1060. The number of ether oxygens (including phenoxy) is 2. The average molecular weight is 403 g/mol. The van der Waals surface area contributed by atoms with Gasteiger partial charge in [0, 0.05) is 24.8 Å². The number of benzene rings is 2. The maximum Gasteiger partial charge on any atom is 0.275 e. The van der Waals surface area contributed by atoms with Gasteiger partial charge in [0.15, 0.2) is 17.2 Å². The highest BCUT2D eigenvalue weighted by molar-refractivity contribution is 5.99. The lowest BCUT2D eigenvalue weighted by Gasteiger charge is -2.27. The number of piperidine rings is 1. The Hall–Kier alpha value is -3.54. The van der Waals surface area contributed by atoms with Gasteiger partial charge in [0.05, 0.1) is 19.9 Å². The zero-order chi connectivity index (χ0) is 21.1. The van der Waals surface area contributed by atoms with E-state index in [-0.39, 0.29) is 5.91 Å². The van der Waals surface area contributed by atoms with E-state index in [2.05, 4.69) is 11.7 Å². The SMILES string of the molecule is C=C1CCN(C(=O)c2nn(-c3ccccc3)cc2-c2ccc(OC)c(OC)c2)CC1. The van der Waals surface area contributed by atoms with Gasteiger partial charge in [0.25, 0.3) is 5.91 Å². The first-order valence-electron chi connectivity index (χ1n) is 9.94. The molecule has 1 amide bonds. The molecule has 0 spiro atoms. The summed E-state index contributed by atoms with van der Waals surface area (Å²) in [5.41, 5.74) is 4.12. The second kappa shape index (κ2) is 8.45. The van der Waals surface area contributed by atoms with Crippen LogP contribution in [0.5, 0.6) is 11.5 Å². The van der Waals surface area contributed by atoms with Crippen molar-refractivity contribution in [3.8, 4) is 28.3 Å². The third-order valence-corrected chi connectivity index (χ3v) is 5.39. The van der Waals surface area contributed by atoms with Crippen molar-refractivity contribution < 1.29 is 14.3 Å². The second-order valence-electron chi connectivity index (χ2n) is 7.28. The Morgan fingerprint density at radius 2 is 1.70 bits per heavy atom. The molecule has 2 heterocycles. The van der Waals surface area contributed by atoms with Crippen molar-refractivity contribution in [1.29, 1.82) is 0 Å². The molecule has 1 fully saturated rings. The molecule has 0 aliphatic carbocycles. The monoisotopic (exact) mass is 403 g/mol. The standard InChI is InChI=1S/C24H25N3O3/c1-17-11-13-26(14-12-17)24(28)23-20(16-27(25-23)19-7-5-4-6-8-19)18-9-10-21(29-2)22(15-18)30-3/h4-10,15-16H,1,11-14H2,2-3H3. The van der Waals surface area contributed by atoms with Crippen LogP contribution in [-0.4, -0.2) is 47.9 Å². The molecule has 6 heteroatoms. The van der Waals surface area contributed by atoms with E-state index in [1.807, 2.05) is 59.6 Å². The second-order valence-corrected chi connectivity index (χ2v) is 7.28. The van der Waals surface area contributed by atoms with Gasteiger partial charge in [0.2, 0.25) is 0 Å². The van der Waals surface area contributed by atoms with E-state index in [4.69, 9.17) is 9.47 Å². The van der Waals surface area contributed by atoms with E-state index < -0.39 is 0 Å². The predicted octanol–water partition coefficient (Wildman–Crippen LogP) is 4.35. The minimum Gasteiger partial charge on any atom is -0.493 e. The molecule has 30 heavy (non-hydrogen) atoms. The van der Waals surface area contributed by atoms with Crippen LogP contribution in [0.2, 0.25) is 0 Å². The first-order chi connectivity index (χ1) is 14.6. The largest absolute Gasteiger partial charge is 0.493 e. The summed E-state index contributed by atoms with van der Waals surface area (Å²) in [6.07, 6.45) is 3.56. The Labute approximate surface area is 176 Å². The van der Waals surface area contributed by atoms with E-state index in [1.54, 1.807) is 18.9 Å². The normalized spacial score (nSPS) is 13.9. The molecule has 0 saturated carbocycles. The van der Waals surface area contributed by atoms with Crippen molar-refractivity contribution in [1.82, 2.24) is 14.7 Å². The summed E-state index contributed by atoms with van der Waals surface area (Å²) in [4.78, 5) is 15.2. The number of hydrogen-bond donors (Lipinski definition) is 0. The van der Waals surface area contributed by atoms with E-state index in [0.29, 0.717) is 30.3 Å². The lowest BCUT2D eigenvalue weighted by Crippen LogP contribution is -2.36. The van der Waals surface area contributed by atoms with Crippen LogP contribution in [0.1, 0.15) is 23.3 Å². The van der Waals surface area contributed by atoms with Crippen LogP contribution in [-0.2, 0) is 0 Å². The third kappa shape index (κ3) is 3.81. The van der Waals surface area contributed by atoms with Gasteiger partial charge in [-0.3, -0.25) is 4.79 Å². The molecule has 0 unspecified atom stereocenters. The quantitative estimate of drug-likeness (QED) is 0.595. The number of rotatable bonds is 5. The van der Waals surface area contributed by atoms with E-state index >= 15 is 0 Å². The minimum atomic E-state index is -0.0676. The molecule has 1 aliphatic heterocycles. The Morgan fingerprint density at radius 1 is 1.00 bits per heavy atom. The van der Waals surface area contributed by atoms with Gasteiger partial charge >= 0.3 is 0 Å². The highest BCUT2D eigenvalue weighted by Gasteiger charge is 2.26. The lowest BCUT2D eigenvalue weighted by atomic mass is 10.0. The zero-order valence-electron chi connectivity index (χ0n) is 17.3. The molecule has 0 N–H and O–H groups in total. The summed E-state index contributed by atoms with van der Waals surface area (Å²) in [5, 5.41) is 4.68. The topological polar surface area (TPSA) is 56.6 Å². The van der Waals surface area contributed by atoms with Crippen molar-refractivity contribution in [2.75, 3.05) is 27.3 Å². The van der Waals surface area contributed by atoms with Crippen LogP contribution in [0.4, 0.5) is 0 Å². The number of methoxy groups -OCH3 is 2. The first kappa shape index (κ1) is 19.8. The average Bonchev–Trinajstić information content (AvgIpc) is 3.24. The van der Waals surface area contributed by atoms with E-state index in [9.17, 15) is 4.79 Å². The molecular formula is C24H25N3O3. The van der Waals surface area contributed by atoms with Crippen molar-refractivity contribution >= 4 is 5.91 Å². The van der Waals surface area contributed by atoms with Crippen molar-refractivity contribution in [2.45, 2.75) is 12.8 Å². The predicted molar refractivity (Wildman–Crippen MR) is 116 cm³/mol. The van der Waals surface area contributed by atoms with Gasteiger partial charge in [0.1, 0.15) is 0 Å². The summed E-state index contributed by atoms with van der Waals surface area (Å²) < 4.78 is 12.6.